The maximum absolute atomic E-state index is 4.14. The summed E-state index contributed by atoms with van der Waals surface area (Å²) in [5.41, 5.74) is 3.91. The fraction of sp³-hybridized carbons (Fsp3) is 0.357. The Morgan fingerprint density at radius 1 is 1.38 bits per heavy atom. The molecular weight excluding hydrogens is 196 g/mol. The van der Waals surface area contributed by atoms with Gasteiger partial charge in [0.05, 0.1) is 0 Å². The van der Waals surface area contributed by atoms with E-state index in [-0.39, 0.29) is 0 Å². The first-order valence-corrected chi connectivity index (χ1v) is 5.93. The number of nitrogens with zero attached hydrogens (tertiary/aromatic N) is 2. The van der Waals surface area contributed by atoms with Gasteiger partial charge in [-0.3, -0.25) is 9.88 Å². The molecule has 1 aliphatic carbocycles. The average Bonchev–Trinajstić information content (AvgIpc) is 2.59. The first-order chi connectivity index (χ1) is 7.84. The normalized spacial score (nSPS) is 23.2. The molecule has 0 aromatic carbocycles. The SMILES string of the molecule is CC(/C=C1\C=Cc2cnccc21)N1CCC1. The van der Waals surface area contributed by atoms with Gasteiger partial charge in [-0.2, -0.15) is 0 Å². The Morgan fingerprint density at radius 2 is 2.25 bits per heavy atom. The fourth-order valence-electron chi connectivity index (χ4n) is 2.33. The number of rotatable bonds is 2. The van der Waals surface area contributed by atoms with Gasteiger partial charge in [-0.15, -0.1) is 0 Å². The minimum atomic E-state index is 0.549. The van der Waals surface area contributed by atoms with Crippen LogP contribution in [-0.2, 0) is 0 Å². The van der Waals surface area contributed by atoms with Gasteiger partial charge in [0, 0.05) is 24.0 Å². The lowest BCUT2D eigenvalue weighted by Crippen LogP contribution is -2.42. The van der Waals surface area contributed by atoms with Gasteiger partial charge in [0.15, 0.2) is 0 Å². The van der Waals surface area contributed by atoms with Crippen LogP contribution in [-0.4, -0.2) is 29.0 Å². The Morgan fingerprint density at radius 3 is 3.00 bits per heavy atom. The van der Waals surface area contributed by atoms with E-state index < -0.39 is 0 Å². The molecule has 2 aliphatic rings. The molecule has 1 fully saturated rings. The number of pyridine rings is 1. The second-order valence-electron chi connectivity index (χ2n) is 4.55. The summed E-state index contributed by atoms with van der Waals surface area (Å²) >= 11 is 0. The number of hydrogen-bond donors (Lipinski definition) is 0. The number of aromatic nitrogens is 1. The topological polar surface area (TPSA) is 16.1 Å². The molecule has 0 N–H and O–H groups in total. The van der Waals surface area contributed by atoms with Gasteiger partial charge in [-0.05, 0) is 43.6 Å². The van der Waals surface area contributed by atoms with E-state index in [1.165, 1.54) is 36.2 Å². The zero-order valence-corrected chi connectivity index (χ0v) is 9.56. The third kappa shape index (κ3) is 1.59. The lowest BCUT2D eigenvalue weighted by Gasteiger charge is -2.35. The van der Waals surface area contributed by atoms with Crippen molar-refractivity contribution in [3.63, 3.8) is 0 Å². The monoisotopic (exact) mass is 212 g/mol. The first kappa shape index (κ1) is 9.79. The van der Waals surface area contributed by atoms with Gasteiger partial charge in [-0.1, -0.05) is 18.2 Å². The number of allylic oxidation sites excluding steroid dienone is 2. The van der Waals surface area contributed by atoms with Crippen molar-refractivity contribution in [2.24, 2.45) is 0 Å². The molecule has 0 amide bonds. The molecule has 2 heteroatoms. The predicted octanol–water partition coefficient (Wildman–Crippen LogP) is 2.59. The van der Waals surface area contributed by atoms with Crippen LogP contribution in [0.3, 0.4) is 0 Å². The standard InChI is InChI=1S/C14H16N2/c1-11(16-7-2-8-16)9-12-3-4-13-10-15-6-5-14(12)13/h3-6,9-11H,2,7-8H2,1H3/b12-9+. The van der Waals surface area contributed by atoms with Gasteiger partial charge >= 0.3 is 0 Å². The number of fused-ring (bicyclic) bond motifs is 1. The second kappa shape index (κ2) is 3.87. The quantitative estimate of drug-likeness (QED) is 0.749. The minimum Gasteiger partial charge on any atom is -0.297 e. The van der Waals surface area contributed by atoms with E-state index in [1.54, 1.807) is 0 Å². The smallest absolute Gasteiger partial charge is 0.0346 e. The number of likely N-dealkylation sites (tertiary alicyclic amines) is 1. The molecule has 1 unspecified atom stereocenters. The summed E-state index contributed by atoms with van der Waals surface area (Å²) in [5.74, 6) is 0. The van der Waals surface area contributed by atoms with Crippen LogP contribution in [0.4, 0.5) is 0 Å². The van der Waals surface area contributed by atoms with E-state index in [4.69, 9.17) is 0 Å². The largest absolute Gasteiger partial charge is 0.297 e. The van der Waals surface area contributed by atoms with E-state index in [2.05, 4.69) is 41.1 Å². The average molecular weight is 212 g/mol. The highest BCUT2D eigenvalue weighted by Crippen LogP contribution is 2.29. The van der Waals surface area contributed by atoms with Crippen molar-refractivity contribution in [1.82, 2.24) is 9.88 Å². The van der Waals surface area contributed by atoms with Crippen LogP contribution in [0.15, 0.2) is 30.6 Å². The second-order valence-corrected chi connectivity index (χ2v) is 4.55. The molecule has 0 spiro atoms. The zero-order chi connectivity index (χ0) is 11.0. The molecule has 0 radical (unpaired) electrons. The molecule has 82 valence electrons. The van der Waals surface area contributed by atoms with Crippen LogP contribution in [0.25, 0.3) is 11.6 Å². The van der Waals surface area contributed by atoms with Gasteiger partial charge in [0.1, 0.15) is 0 Å². The lowest BCUT2D eigenvalue weighted by molar-refractivity contribution is 0.154. The Balaban J connectivity index is 1.86. The molecule has 2 nitrogen and oxygen atoms in total. The molecule has 0 saturated carbocycles. The van der Waals surface area contributed by atoms with Crippen LogP contribution in [0.5, 0.6) is 0 Å². The Kier molecular flexibility index (Phi) is 2.37. The zero-order valence-electron chi connectivity index (χ0n) is 9.56. The van der Waals surface area contributed by atoms with E-state index >= 15 is 0 Å². The lowest BCUT2D eigenvalue weighted by atomic mass is 10.0. The van der Waals surface area contributed by atoms with Crippen LogP contribution < -0.4 is 0 Å². The van der Waals surface area contributed by atoms with Crippen LogP contribution in [0.2, 0.25) is 0 Å². The molecular formula is C14H16N2. The summed E-state index contributed by atoms with van der Waals surface area (Å²) in [5, 5.41) is 0. The molecule has 0 bridgehead atoms. The molecule has 1 atom stereocenters. The molecule has 1 aromatic heterocycles. The molecule has 1 aromatic rings. The van der Waals surface area contributed by atoms with Crippen molar-refractivity contribution in [2.45, 2.75) is 19.4 Å². The third-order valence-corrected chi connectivity index (χ3v) is 3.49. The highest BCUT2D eigenvalue weighted by Gasteiger charge is 2.19. The summed E-state index contributed by atoms with van der Waals surface area (Å²) in [6, 6.07) is 2.65. The van der Waals surface area contributed by atoms with Crippen molar-refractivity contribution >= 4 is 11.6 Å². The van der Waals surface area contributed by atoms with Crippen LogP contribution in [0, 0.1) is 0 Å². The number of hydrogen-bond acceptors (Lipinski definition) is 2. The predicted molar refractivity (Wildman–Crippen MR) is 66.9 cm³/mol. The van der Waals surface area contributed by atoms with E-state index in [0.29, 0.717) is 6.04 Å². The summed E-state index contributed by atoms with van der Waals surface area (Å²) in [6.45, 7) is 4.77. The maximum atomic E-state index is 4.14. The van der Waals surface area contributed by atoms with E-state index in [9.17, 15) is 0 Å². The van der Waals surface area contributed by atoms with Crippen molar-refractivity contribution < 1.29 is 0 Å². The Labute approximate surface area is 96.3 Å². The highest BCUT2D eigenvalue weighted by atomic mass is 15.2. The molecule has 2 heterocycles. The molecule has 16 heavy (non-hydrogen) atoms. The minimum absolute atomic E-state index is 0.549. The molecule has 1 saturated heterocycles. The molecule has 3 rings (SSSR count). The van der Waals surface area contributed by atoms with Crippen molar-refractivity contribution in [3.05, 3.63) is 41.7 Å². The van der Waals surface area contributed by atoms with E-state index in [0.717, 1.165) is 0 Å². The highest BCUT2D eigenvalue weighted by molar-refractivity contribution is 5.89. The van der Waals surface area contributed by atoms with Crippen molar-refractivity contribution in [1.29, 1.82) is 0 Å². The van der Waals surface area contributed by atoms with E-state index in [1.807, 2.05) is 12.4 Å². The van der Waals surface area contributed by atoms with Gasteiger partial charge < -0.3 is 0 Å². The van der Waals surface area contributed by atoms with Crippen molar-refractivity contribution in [3.8, 4) is 0 Å². The fourth-order valence-corrected chi connectivity index (χ4v) is 2.33. The first-order valence-electron chi connectivity index (χ1n) is 5.93. The Hall–Kier alpha value is -1.41. The van der Waals surface area contributed by atoms with Crippen LogP contribution >= 0.6 is 0 Å². The summed E-state index contributed by atoms with van der Waals surface area (Å²) in [4.78, 5) is 6.64. The Bertz CT molecular complexity index is 456. The third-order valence-electron chi connectivity index (χ3n) is 3.49. The molecule has 1 aliphatic heterocycles. The summed E-state index contributed by atoms with van der Waals surface area (Å²) < 4.78 is 0. The van der Waals surface area contributed by atoms with Crippen molar-refractivity contribution in [2.75, 3.05) is 13.1 Å². The maximum Gasteiger partial charge on any atom is 0.0346 e. The van der Waals surface area contributed by atoms with Gasteiger partial charge in [-0.25, -0.2) is 0 Å². The van der Waals surface area contributed by atoms with Gasteiger partial charge in [0.25, 0.3) is 0 Å². The summed E-state index contributed by atoms with van der Waals surface area (Å²) in [6.07, 6.45) is 11.9. The van der Waals surface area contributed by atoms with Gasteiger partial charge in [0.2, 0.25) is 0 Å². The van der Waals surface area contributed by atoms with Crippen LogP contribution in [0.1, 0.15) is 24.5 Å². The summed E-state index contributed by atoms with van der Waals surface area (Å²) in [7, 11) is 0.